The molecular weight excluding hydrogens is 493 g/mol. The molecule has 3 rings (SSSR count). The third-order valence-electron chi connectivity index (χ3n) is 4.16. The molecule has 9 nitrogen and oxygen atoms in total. The topological polar surface area (TPSA) is 134 Å². The van der Waals surface area contributed by atoms with E-state index in [1.807, 2.05) is 6.92 Å². The number of phosphoric acid groups is 1. The van der Waals surface area contributed by atoms with Gasteiger partial charge in [0.15, 0.2) is 23.2 Å². The minimum atomic E-state index is -5.29. The molecule has 0 amide bonds. The molecule has 0 N–H and O–H groups in total. The van der Waals surface area contributed by atoms with Gasteiger partial charge < -0.3 is 33.1 Å². The van der Waals surface area contributed by atoms with E-state index < -0.39 is 24.4 Å². The molecule has 0 aliphatic carbocycles. The van der Waals surface area contributed by atoms with Crippen molar-refractivity contribution in [3.63, 3.8) is 0 Å². The average Bonchev–Trinajstić information content (AvgIpc) is 3.08. The maximum absolute atomic E-state index is 12.8. The maximum Gasteiger partial charge on any atom is 1.00 e. The van der Waals surface area contributed by atoms with Gasteiger partial charge in [0, 0.05) is 6.07 Å². The van der Waals surface area contributed by atoms with Crippen LogP contribution in [0.1, 0.15) is 29.3 Å². The fourth-order valence-electron chi connectivity index (χ4n) is 2.79. The number of phosphoric ester groups is 1. The minimum absolute atomic E-state index is 0. The van der Waals surface area contributed by atoms with Crippen LogP contribution in [0.15, 0.2) is 41.3 Å². The van der Waals surface area contributed by atoms with Gasteiger partial charge in [-0.15, -0.1) is 0 Å². The molecule has 0 saturated heterocycles. The Hall–Kier alpha value is -0.650. The first-order valence-corrected chi connectivity index (χ1v) is 11.9. The third kappa shape index (κ3) is 8.21. The standard InChI is InChI=1S/C20H21O9PS.2Na/c1-3-8-27-17-11-20-19(28-12-31(20)25)10-14(17)15(21)6-4-13-5-7-16(26-2)18(9-13)29-30(22,23)24;;/h4-7,9-11H,3,8,12H2,1-2H3,(H2,22,23,24);;/q;2*+1/p-2/b6-4+;;. The predicted octanol–water partition coefficient (Wildman–Crippen LogP) is -3.95. The smallest absolute Gasteiger partial charge is 0.780 e. The first-order valence-electron chi connectivity index (χ1n) is 9.16. The largest absolute Gasteiger partial charge is 1.00 e. The molecule has 0 aromatic heterocycles. The van der Waals surface area contributed by atoms with Crippen LogP contribution in [0.4, 0.5) is 0 Å². The van der Waals surface area contributed by atoms with Crippen LogP contribution in [0.3, 0.4) is 0 Å². The molecule has 0 bridgehead atoms. The van der Waals surface area contributed by atoms with Crippen LogP contribution >= 0.6 is 7.82 Å². The number of rotatable bonds is 9. The summed E-state index contributed by atoms with van der Waals surface area (Å²) in [4.78, 5) is 35.2. The van der Waals surface area contributed by atoms with Crippen molar-refractivity contribution >= 4 is 30.5 Å². The van der Waals surface area contributed by atoms with Crippen molar-refractivity contribution in [3.05, 3.63) is 47.5 Å². The molecular formula is C20H19Na2O9PS. The summed E-state index contributed by atoms with van der Waals surface area (Å²) >= 11 is 0. The van der Waals surface area contributed by atoms with Gasteiger partial charge in [-0.25, -0.2) is 0 Å². The molecule has 0 spiro atoms. The number of ketones is 1. The van der Waals surface area contributed by atoms with Crippen molar-refractivity contribution in [2.24, 2.45) is 0 Å². The second-order valence-corrected chi connectivity index (χ2v) is 8.84. The van der Waals surface area contributed by atoms with Gasteiger partial charge in [-0.05, 0) is 36.3 Å². The van der Waals surface area contributed by atoms with Crippen molar-refractivity contribution in [1.29, 1.82) is 0 Å². The van der Waals surface area contributed by atoms with Gasteiger partial charge in [0.05, 0.1) is 35.0 Å². The summed E-state index contributed by atoms with van der Waals surface area (Å²) in [5, 5.41) is 0. The first kappa shape index (κ1) is 30.4. The number of ether oxygens (including phenoxy) is 3. The monoisotopic (exact) mass is 512 g/mol. The summed E-state index contributed by atoms with van der Waals surface area (Å²) in [6, 6.07) is 7.26. The molecule has 1 unspecified atom stereocenters. The Morgan fingerprint density at radius 2 is 1.91 bits per heavy atom. The van der Waals surface area contributed by atoms with Crippen molar-refractivity contribution in [3.8, 4) is 23.0 Å². The SMILES string of the molecule is CCCOc1cc2c(cc1C(=O)/C=C/c1ccc(OC)c(OP(=O)([O-])[O-])c1)OCS2=O.[Na+].[Na+]. The van der Waals surface area contributed by atoms with E-state index in [0.717, 1.165) is 6.42 Å². The molecule has 1 heterocycles. The van der Waals surface area contributed by atoms with Crippen LogP contribution in [-0.2, 0) is 15.4 Å². The van der Waals surface area contributed by atoms with Gasteiger partial charge in [0.1, 0.15) is 19.3 Å². The van der Waals surface area contributed by atoms with Gasteiger partial charge >= 0.3 is 59.1 Å². The van der Waals surface area contributed by atoms with E-state index in [1.54, 1.807) is 12.1 Å². The summed E-state index contributed by atoms with van der Waals surface area (Å²) in [6.45, 7) is 2.29. The Bertz CT molecular complexity index is 1100. The van der Waals surface area contributed by atoms with Crippen molar-refractivity contribution in [2.45, 2.75) is 18.2 Å². The number of methoxy groups -OCH3 is 1. The Balaban J connectivity index is 0.00000272. The van der Waals surface area contributed by atoms with E-state index >= 15 is 0 Å². The summed E-state index contributed by atoms with van der Waals surface area (Å²) in [6.07, 6.45) is 3.40. The number of benzene rings is 2. The van der Waals surface area contributed by atoms with Gasteiger partial charge in [0.2, 0.25) is 0 Å². The van der Waals surface area contributed by atoms with Crippen molar-refractivity contribution in [2.75, 3.05) is 19.7 Å². The molecule has 2 aromatic rings. The van der Waals surface area contributed by atoms with E-state index in [9.17, 15) is 23.4 Å². The number of hydrogen-bond donors (Lipinski definition) is 0. The van der Waals surface area contributed by atoms with Crippen LogP contribution in [0, 0.1) is 0 Å². The number of carbonyl (C=O) groups excluding carboxylic acids is 1. The van der Waals surface area contributed by atoms with Crippen LogP contribution < -0.4 is 87.6 Å². The zero-order valence-electron chi connectivity index (χ0n) is 18.7. The molecule has 2 aromatic carbocycles. The molecule has 166 valence electrons. The second kappa shape index (κ2) is 13.4. The summed E-state index contributed by atoms with van der Waals surface area (Å²) in [7, 11) is -5.31. The van der Waals surface area contributed by atoms with E-state index in [2.05, 4.69) is 4.52 Å². The normalized spacial score (nSPS) is 14.5. The summed E-state index contributed by atoms with van der Waals surface area (Å²) in [5.41, 5.74) is 0.628. The zero-order valence-corrected chi connectivity index (χ0v) is 24.4. The van der Waals surface area contributed by atoms with Gasteiger partial charge in [0.25, 0.3) is 0 Å². The van der Waals surface area contributed by atoms with E-state index in [-0.39, 0.29) is 82.1 Å². The Morgan fingerprint density at radius 3 is 2.55 bits per heavy atom. The maximum atomic E-state index is 12.8. The van der Waals surface area contributed by atoms with Crippen LogP contribution in [0.2, 0.25) is 0 Å². The first-order chi connectivity index (χ1) is 14.7. The van der Waals surface area contributed by atoms with E-state index in [0.29, 0.717) is 28.6 Å². The van der Waals surface area contributed by atoms with Crippen LogP contribution in [-0.4, -0.2) is 29.6 Å². The minimum Gasteiger partial charge on any atom is -0.780 e. The fraction of sp³-hybridized carbons (Fsp3) is 0.250. The molecule has 13 heteroatoms. The zero-order chi connectivity index (χ0) is 22.6. The van der Waals surface area contributed by atoms with Crippen LogP contribution in [0.5, 0.6) is 23.0 Å². The van der Waals surface area contributed by atoms with Gasteiger partial charge in [-0.1, -0.05) is 19.1 Å². The molecule has 1 aliphatic heterocycles. The van der Waals surface area contributed by atoms with Crippen LogP contribution in [0.25, 0.3) is 6.08 Å². The van der Waals surface area contributed by atoms with Gasteiger partial charge in [-0.3, -0.25) is 9.00 Å². The van der Waals surface area contributed by atoms with Crippen molar-refractivity contribution in [1.82, 2.24) is 0 Å². The summed E-state index contributed by atoms with van der Waals surface area (Å²) < 4.78 is 43.4. The number of hydrogen-bond acceptors (Lipinski definition) is 9. The Kier molecular flexibility index (Phi) is 12.4. The quantitative estimate of drug-likeness (QED) is 0.143. The Labute approximate surface area is 238 Å². The van der Waals surface area contributed by atoms with Crippen molar-refractivity contribution < 1.29 is 101 Å². The molecule has 0 saturated carbocycles. The third-order valence-corrected chi connectivity index (χ3v) is 5.73. The van der Waals surface area contributed by atoms with Gasteiger partial charge in [-0.2, -0.15) is 0 Å². The molecule has 1 aliphatic rings. The number of carbonyl (C=O) groups is 1. The molecule has 0 radical (unpaired) electrons. The fourth-order valence-corrected chi connectivity index (χ4v) is 4.11. The average molecular weight is 512 g/mol. The predicted molar refractivity (Wildman–Crippen MR) is 109 cm³/mol. The Morgan fingerprint density at radius 1 is 1.18 bits per heavy atom. The second-order valence-electron chi connectivity index (χ2n) is 6.40. The number of fused-ring (bicyclic) bond motifs is 1. The molecule has 1 atom stereocenters. The molecule has 33 heavy (non-hydrogen) atoms. The van der Waals surface area contributed by atoms with E-state index in [1.165, 1.54) is 37.5 Å². The summed E-state index contributed by atoms with van der Waals surface area (Å²) in [5.74, 6) is 0.0350. The molecule has 0 fully saturated rings. The van der Waals surface area contributed by atoms with E-state index in [4.69, 9.17) is 14.2 Å². The number of allylic oxidation sites excluding steroid dienone is 1.